The van der Waals surface area contributed by atoms with Gasteiger partial charge in [-0.1, -0.05) is 47.4 Å². The molecule has 1 aliphatic carbocycles. The summed E-state index contributed by atoms with van der Waals surface area (Å²) in [5.74, 6) is -0.753. The number of hydrogen-bond acceptors (Lipinski definition) is 1. The van der Waals surface area contributed by atoms with Crippen LogP contribution in [0.25, 0.3) is 0 Å². The molecule has 0 aliphatic heterocycles. The van der Waals surface area contributed by atoms with Crippen molar-refractivity contribution < 1.29 is 9.90 Å². The van der Waals surface area contributed by atoms with Gasteiger partial charge in [-0.25, -0.2) is 0 Å². The maximum absolute atomic E-state index is 11.5. The van der Waals surface area contributed by atoms with E-state index in [1.54, 1.807) is 0 Å². The molecule has 0 spiro atoms. The number of carboxylic acid groups (broad SMARTS) is 1. The van der Waals surface area contributed by atoms with Crippen LogP contribution in [-0.2, 0) is 11.2 Å². The highest BCUT2D eigenvalue weighted by atomic mass is 79.9. The molecule has 0 radical (unpaired) electrons. The van der Waals surface area contributed by atoms with Crippen LogP contribution < -0.4 is 0 Å². The molecule has 0 heterocycles. The molecule has 1 aromatic rings. The SMILES string of the molecule is CC1(C)CCC(C(=O)O)C(Cc2ccc(Br)cc2Cl)C1. The molecule has 20 heavy (non-hydrogen) atoms. The van der Waals surface area contributed by atoms with E-state index in [0.29, 0.717) is 5.02 Å². The van der Waals surface area contributed by atoms with E-state index in [1.165, 1.54) is 0 Å². The minimum absolute atomic E-state index is 0.162. The zero-order chi connectivity index (χ0) is 14.9. The molecular formula is C16H20BrClO2. The molecule has 2 unspecified atom stereocenters. The highest BCUT2D eigenvalue weighted by Gasteiger charge is 2.38. The molecule has 0 bridgehead atoms. The monoisotopic (exact) mass is 358 g/mol. The van der Waals surface area contributed by atoms with E-state index in [0.717, 1.165) is 35.7 Å². The van der Waals surface area contributed by atoms with Crippen LogP contribution >= 0.6 is 27.5 Å². The average Bonchev–Trinajstić information content (AvgIpc) is 2.31. The molecule has 0 aromatic heterocycles. The topological polar surface area (TPSA) is 37.3 Å². The van der Waals surface area contributed by atoms with E-state index in [1.807, 2.05) is 18.2 Å². The number of halogens is 2. The van der Waals surface area contributed by atoms with Crippen molar-refractivity contribution in [1.82, 2.24) is 0 Å². The van der Waals surface area contributed by atoms with Crippen molar-refractivity contribution in [2.24, 2.45) is 17.3 Å². The molecule has 1 aromatic carbocycles. The molecular weight excluding hydrogens is 340 g/mol. The molecule has 2 rings (SSSR count). The van der Waals surface area contributed by atoms with Gasteiger partial charge in [0, 0.05) is 9.50 Å². The number of benzene rings is 1. The molecule has 0 saturated heterocycles. The molecule has 1 N–H and O–H groups in total. The first-order chi connectivity index (χ1) is 9.28. The Morgan fingerprint density at radius 1 is 1.50 bits per heavy atom. The first-order valence-corrected chi connectivity index (χ1v) is 8.12. The predicted octanol–water partition coefficient (Wildman–Crippen LogP) is 5.17. The van der Waals surface area contributed by atoms with Crippen LogP contribution in [0.5, 0.6) is 0 Å². The lowest BCUT2D eigenvalue weighted by Crippen LogP contribution is -2.35. The summed E-state index contributed by atoms with van der Waals surface area (Å²) >= 11 is 9.67. The van der Waals surface area contributed by atoms with Crippen LogP contribution in [0.15, 0.2) is 22.7 Å². The van der Waals surface area contributed by atoms with E-state index in [-0.39, 0.29) is 17.3 Å². The molecule has 4 heteroatoms. The Kier molecular flexibility index (Phi) is 4.80. The molecule has 2 atom stereocenters. The fraction of sp³-hybridized carbons (Fsp3) is 0.562. The molecule has 0 amide bonds. The Labute approximate surface area is 133 Å². The zero-order valence-electron chi connectivity index (χ0n) is 11.8. The third-order valence-electron chi connectivity index (χ3n) is 4.33. The van der Waals surface area contributed by atoms with Crippen LogP contribution in [0.1, 0.15) is 38.7 Å². The van der Waals surface area contributed by atoms with Crippen molar-refractivity contribution >= 4 is 33.5 Å². The van der Waals surface area contributed by atoms with Crippen LogP contribution in [-0.4, -0.2) is 11.1 Å². The number of aliphatic carboxylic acids is 1. The van der Waals surface area contributed by atoms with E-state index in [9.17, 15) is 9.90 Å². The summed E-state index contributed by atoms with van der Waals surface area (Å²) in [5.41, 5.74) is 1.27. The van der Waals surface area contributed by atoms with Gasteiger partial charge in [-0.15, -0.1) is 0 Å². The number of carbonyl (C=O) groups is 1. The smallest absolute Gasteiger partial charge is 0.306 e. The van der Waals surface area contributed by atoms with Crippen molar-refractivity contribution in [3.05, 3.63) is 33.3 Å². The molecule has 2 nitrogen and oxygen atoms in total. The Bertz CT molecular complexity index is 513. The van der Waals surface area contributed by atoms with Crippen LogP contribution in [0.2, 0.25) is 5.02 Å². The summed E-state index contributed by atoms with van der Waals surface area (Å²) in [6.07, 6.45) is 3.43. The van der Waals surface area contributed by atoms with Gasteiger partial charge in [0.05, 0.1) is 5.92 Å². The van der Waals surface area contributed by atoms with Gasteiger partial charge in [0.1, 0.15) is 0 Å². The second-order valence-corrected chi connectivity index (χ2v) is 7.87. The average molecular weight is 360 g/mol. The fourth-order valence-electron chi connectivity index (χ4n) is 3.25. The minimum Gasteiger partial charge on any atom is -0.481 e. The molecule has 1 fully saturated rings. The second kappa shape index (κ2) is 6.07. The summed E-state index contributed by atoms with van der Waals surface area (Å²) in [6.45, 7) is 4.45. The first kappa shape index (κ1) is 15.8. The third kappa shape index (κ3) is 3.76. The number of carboxylic acids is 1. The Hall–Kier alpha value is -0.540. The van der Waals surface area contributed by atoms with Gasteiger partial charge in [-0.2, -0.15) is 0 Å². The maximum Gasteiger partial charge on any atom is 0.306 e. The predicted molar refractivity (Wildman–Crippen MR) is 85.1 cm³/mol. The standard InChI is InChI=1S/C16H20BrClO2/c1-16(2)6-5-13(15(19)20)11(9-16)7-10-3-4-12(17)8-14(10)18/h3-4,8,11,13H,5-7,9H2,1-2H3,(H,19,20). The normalized spacial score (nSPS) is 25.4. The number of hydrogen-bond donors (Lipinski definition) is 1. The van der Waals surface area contributed by atoms with Crippen LogP contribution in [0, 0.1) is 17.3 Å². The zero-order valence-corrected chi connectivity index (χ0v) is 14.2. The lowest BCUT2D eigenvalue weighted by Gasteiger charge is -2.39. The largest absolute Gasteiger partial charge is 0.481 e. The molecule has 110 valence electrons. The van der Waals surface area contributed by atoms with E-state index in [2.05, 4.69) is 29.8 Å². The Balaban J connectivity index is 2.20. The summed E-state index contributed by atoms with van der Waals surface area (Å²) < 4.78 is 0.949. The fourth-order valence-corrected chi connectivity index (χ4v) is 4.00. The Morgan fingerprint density at radius 2 is 2.20 bits per heavy atom. The summed E-state index contributed by atoms with van der Waals surface area (Å²) in [5, 5.41) is 10.1. The highest BCUT2D eigenvalue weighted by molar-refractivity contribution is 9.10. The lowest BCUT2D eigenvalue weighted by molar-refractivity contribution is -0.146. The summed E-state index contributed by atoms with van der Waals surface area (Å²) in [7, 11) is 0. The molecule has 1 saturated carbocycles. The third-order valence-corrected chi connectivity index (χ3v) is 5.18. The first-order valence-electron chi connectivity index (χ1n) is 6.95. The van der Waals surface area contributed by atoms with Gasteiger partial charge < -0.3 is 5.11 Å². The maximum atomic E-state index is 11.5. The van der Waals surface area contributed by atoms with Crippen molar-refractivity contribution in [3.63, 3.8) is 0 Å². The molecule has 1 aliphatic rings. The van der Waals surface area contributed by atoms with Gasteiger partial charge in [-0.05, 0) is 54.7 Å². The summed E-state index contributed by atoms with van der Waals surface area (Å²) in [4.78, 5) is 11.5. The van der Waals surface area contributed by atoms with Crippen molar-refractivity contribution in [2.45, 2.75) is 39.5 Å². The van der Waals surface area contributed by atoms with Gasteiger partial charge in [-0.3, -0.25) is 4.79 Å². The van der Waals surface area contributed by atoms with Crippen LogP contribution in [0.3, 0.4) is 0 Å². The van der Waals surface area contributed by atoms with Gasteiger partial charge in [0.2, 0.25) is 0 Å². The quantitative estimate of drug-likeness (QED) is 0.808. The second-order valence-electron chi connectivity index (χ2n) is 6.55. The van der Waals surface area contributed by atoms with E-state index < -0.39 is 5.97 Å². The van der Waals surface area contributed by atoms with Crippen LogP contribution in [0.4, 0.5) is 0 Å². The van der Waals surface area contributed by atoms with E-state index in [4.69, 9.17) is 11.6 Å². The van der Waals surface area contributed by atoms with E-state index >= 15 is 0 Å². The lowest BCUT2D eigenvalue weighted by atomic mass is 9.65. The highest BCUT2D eigenvalue weighted by Crippen LogP contribution is 2.43. The van der Waals surface area contributed by atoms with Gasteiger partial charge in [0.25, 0.3) is 0 Å². The van der Waals surface area contributed by atoms with Crippen molar-refractivity contribution in [2.75, 3.05) is 0 Å². The minimum atomic E-state index is -0.668. The Morgan fingerprint density at radius 3 is 2.80 bits per heavy atom. The van der Waals surface area contributed by atoms with Gasteiger partial charge in [0.15, 0.2) is 0 Å². The summed E-state index contributed by atoms with van der Waals surface area (Å²) in [6, 6.07) is 5.83. The van der Waals surface area contributed by atoms with Crippen molar-refractivity contribution in [1.29, 1.82) is 0 Å². The van der Waals surface area contributed by atoms with Gasteiger partial charge >= 0.3 is 5.97 Å². The van der Waals surface area contributed by atoms with Crippen molar-refractivity contribution in [3.8, 4) is 0 Å². The number of rotatable bonds is 3.